The zero-order valence-electron chi connectivity index (χ0n) is 16.4. The Hall–Kier alpha value is -1.89. The van der Waals surface area contributed by atoms with E-state index in [2.05, 4.69) is 27.0 Å². The number of nitrogens with zero attached hydrogens (tertiary/aromatic N) is 1. The van der Waals surface area contributed by atoms with Crippen molar-refractivity contribution in [3.8, 4) is 0 Å². The van der Waals surface area contributed by atoms with E-state index in [0.717, 1.165) is 45.2 Å². The zero-order chi connectivity index (χ0) is 19.3. The number of benzene rings is 1. The van der Waals surface area contributed by atoms with Gasteiger partial charge in [0.15, 0.2) is 0 Å². The largest absolute Gasteiger partial charge is 0.331 e. The fourth-order valence-corrected chi connectivity index (χ4v) is 5.05. The van der Waals surface area contributed by atoms with E-state index in [1.165, 1.54) is 4.88 Å². The number of nitrogens with one attached hydrogen (secondary N) is 2. The van der Waals surface area contributed by atoms with E-state index in [1.807, 2.05) is 30.3 Å². The lowest BCUT2D eigenvalue weighted by molar-refractivity contribution is -0.116. The number of anilines is 1. The van der Waals surface area contributed by atoms with Gasteiger partial charge in [0.05, 0.1) is 0 Å². The Morgan fingerprint density at radius 1 is 1.14 bits per heavy atom. The molecular weight excluding hydrogens is 406 g/mol. The first-order chi connectivity index (χ1) is 13.7. The summed E-state index contributed by atoms with van der Waals surface area (Å²) in [6.45, 7) is 1.86. The number of aryl methyl sites for hydroxylation is 1. The standard InChI is InChI=1S/C22H27N3O2S.ClH/c26-21(8-2-6-20-7-3-13-28-20)24-17-5-1-4-16(14-17)22(27)25-18-9-10-19(25)15-23-12-11-18;/h1,3-5,7,13-14,18-19,23H,2,6,8-12,15H2,(H,24,26);1H. The first-order valence-electron chi connectivity index (χ1n) is 10.2. The molecule has 0 spiro atoms. The number of amides is 2. The summed E-state index contributed by atoms with van der Waals surface area (Å²) in [6.07, 6.45) is 5.42. The molecule has 1 aromatic carbocycles. The van der Waals surface area contributed by atoms with E-state index >= 15 is 0 Å². The van der Waals surface area contributed by atoms with E-state index in [1.54, 1.807) is 11.3 Å². The van der Waals surface area contributed by atoms with Crippen molar-refractivity contribution >= 4 is 41.2 Å². The van der Waals surface area contributed by atoms with Crippen molar-refractivity contribution in [3.63, 3.8) is 0 Å². The lowest BCUT2D eigenvalue weighted by atomic mass is 10.1. The van der Waals surface area contributed by atoms with Crippen LogP contribution >= 0.6 is 23.7 Å². The van der Waals surface area contributed by atoms with Crippen LogP contribution in [0.3, 0.4) is 0 Å². The Morgan fingerprint density at radius 2 is 2.00 bits per heavy atom. The summed E-state index contributed by atoms with van der Waals surface area (Å²) in [5.74, 6) is 0.0881. The van der Waals surface area contributed by atoms with E-state index in [0.29, 0.717) is 23.7 Å². The fraction of sp³-hybridized carbons (Fsp3) is 0.455. The van der Waals surface area contributed by atoms with Crippen LogP contribution in [0.2, 0.25) is 0 Å². The van der Waals surface area contributed by atoms with Gasteiger partial charge in [0.25, 0.3) is 5.91 Å². The number of hydrogen-bond donors (Lipinski definition) is 2. The number of rotatable bonds is 6. The Labute approximate surface area is 182 Å². The van der Waals surface area contributed by atoms with Crippen molar-refractivity contribution in [2.24, 2.45) is 0 Å². The molecular formula is C22H28ClN3O2S. The van der Waals surface area contributed by atoms with Gasteiger partial charge in [-0.3, -0.25) is 9.59 Å². The lowest BCUT2D eigenvalue weighted by Crippen LogP contribution is -2.42. The molecule has 2 unspecified atom stereocenters. The van der Waals surface area contributed by atoms with E-state index in [-0.39, 0.29) is 30.3 Å². The maximum absolute atomic E-state index is 13.1. The third kappa shape index (κ3) is 5.38. The molecule has 0 saturated carbocycles. The molecule has 2 aliphatic heterocycles. The van der Waals surface area contributed by atoms with Crippen molar-refractivity contribution in [1.29, 1.82) is 0 Å². The van der Waals surface area contributed by atoms with Gasteiger partial charge in [0.1, 0.15) is 0 Å². The molecule has 2 bridgehead atoms. The Kier molecular flexibility index (Phi) is 7.70. The smallest absolute Gasteiger partial charge is 0.254 e. The van der Waals surface area contributed by atoms with Gasteiger partial charge < -0.3 is 15.5 Å². The van der Waals surface area contributed by atoms with Crippen LogP contribution in [0.25, 0.3) is 0 Å². The van der Waals surface area contributed by atoms with Gasteiger partial charge in [0, 0.05) is 41.2 Å². The first-order valence-corrected chi connectivity index (χ1v) is 11.0. The average molecular weight is 434 g/mol. The van der Waals surface area contributed by atoms with Gasteiger partial charge in [0.2, 0.25) is 5.91 Å². The molecule has 4 rings (SSSR count). The van der Waals surface area contributed by atoms with Crippen LogP contribution < -0.4 is 10.6 Å². The summed E-state index contributed by atoms with van der Waals surface area (Å²) in [5.41, 5.74) is 1.36. The van der Waals surface area contributed by atoms with Gasteiger partial charge >= 0.3 is 0 Å². The number of fused-ring (bicyclic) bond motifs is 2. The van der Waals surface area contributed by atoms with Gasteiger partial charge in [-0.25, -0.2) is 0 Å². The SMILES string of the molecule is Cl.O=C(CCCc1cccs1)Nc1cccc(C(=O)N2C3CCNCC2CC3)c1. The Morgan fingerprint density at radius 3 is 2.83 bits per heavy atom. The third-order valence-corrected chi connectivity index (χ3v) is 6.63. The molecule has 2 atom stereocenters. The second-order valence-electron chi connectivity index (χ2n) is 7.65. The molecule has 2 saturated heterocycles. The number of carbonyl (C=O) groups is 2. The predicted octanol–water partition coefficient (Wildman–Crippen LogP) is 4.10. The maximum Gasteiger partial charge on any atom is 0.254 e. The monoisotopic (exact) mass is 433 g/mol. The summed E-state index contributed by atoms with van der Waals surface area (Å²) in [5, 5.41) is 8.44. The molecule has 2 aliphatic rings. The Bertz CT molecular complexity index is 813. The molecule has 2 fully saturated rings. The average Bonchev–Trinajstić information content (AvgIpc) is 3.28. The molecule has 3 heterocycles. The van der Waals surface area contributed by atoms with Crippen LogP contribution in [0.1, 0.15) is 47.3 Å². The molecule has 29 heavy (non-hydrogen) atoms. The summed E-state index contributed by atoms with van der Waals surface area (Å²) in [6, 6.07) is 12.1. The van der Waals surface area contributed by atoms with Crippen LogP contribution in [0.5, 0.6) is 0 Å². The molecule has 1 aromatic heterocycles. The number of carbonyl (C=O) groups excluding carboxylic acids is 2. The van der Waals surface area contributed by atoms with Crippen molar-refractivity contribution in [2.45, 2.75) is 50.6 Å². The highest BCUT2D eigenvalue weighted by molar-refractivity contribution is 7.09. The van der Waals surface area contributed by atoms with Crippen LogP contribution in [-0.4, -0.2) is 41.9 Å². The minimum absolute atomic E-state index is 0. The van der Waals surface area contributed by atoms with Gasteiger partial charge in [-0.15, -0.1) is 23.7 Å². The molecule has 0 radical (unpaired) electrons. The van der Waals surface area contributed by atoms with Crippen LogP contribution in [0.15, 0.2) is 41.8 Å². The zero-order valence-corrected chi connectivity index (χ0v) is 18.1. The summed E-state index contributed by atoms with van der Waals surface area (Å²) in [4.78, 5) is 28.8. The van der Waals surface area contributed by atoms with Crippen molar-refractivity contribution in [1.82, 2.24) is 10.2 Å². The molecule has 5 nitrogen and oxygen atoms in total. The topological polar surface area (TPSA) is 61.4 Å². The second kappa shape index (κ2) is 10.2. The van der Waals surface area contributed by atoms with E-state index < -0.39 is 0 Å². The number of thiophene rings is 1. The van der Waals surface area contributed by atoms with Gasteiger partial charge in [-0.1, -0.05) is 12.1 Å². The first kappa shape index (κ1) is 21.8. The van der Waals surface area contributed by atoms with E-state index in [4.69, 9.17) is 0 Å². The van der Waals surface area contributed by atoms with Crippen LogP contribution in [0.4, 0.5) is 5.69 Å². The molecule has 0 aliphatic carbocycles. The highest BCUT2D eigenvalue weighted by atomic mass is 35.5. The maximum atomic E-state index is 13.1. The Balaban J connectivity index is 0.00000240. The molecule has 2 amide bonds. The lowest BCUT2D eigenvalue weighted by Gasteiger charge is -2.28. The normalized spacial score (nSPS) is 20.6. The minimum Gasteiger partial charge on any atom is -0.331 e. The summed E-state index contributed by atoms with van der Waals surface area (Å²) in [7, 11) is 0. The molecule has 7 heteroatoms. The van der Waals surface area contributed by atoms with Crippen molar-refractivity contribution < 1.29 is 9.59 Å². The van der Waals surface area contributed by atoms with Crippen molar-refractivity contribution in [3.05, 3.63) is 52.2 Å². The minimum atomic E-state index is 0. The van der Waals surface area contributed by atoms with Gasteiger partial charge in [-0.05, 0) is 68.3 Å². The molecule has 156 valence electrons. The fourth-order valence-electron chi connectivity index (χ4n) is 4.29. The summed E-state index contributed by atoms with van der Waals surface area (Å²) < 4.78 is 0. The van der Waals surface area contributed by atoms with Crippen LogP contribution in [-0.2, 0) is 11.2 Å². The van der Waals surface area contributed by atoms with E-state index in [9.17, 15) is 9.59 Å². The van der Waals surface area contributed by atoms with Crippen LogP contribution in [0, 0.1) is 0 Å². The highest BCUT2D eigenvalue weighted by Crippen LogP contribution is 2.30. The number of halogens is 1. The van der Waals surface area contributed by atoms with Crippen molar-refractivity contribution in [2.75, 3.05) is 18.4 Å². The highest BCUT2D eigenvalue weighted by Gasteiger charge is 2.38. The predicted molar refractivity (Wildman–Crippen MR) is 120 cm³/mol. The molecule has 2 aromatic rings. The van der Waals surface area contributed by atoms with Gasteiger partial charge in [-0.2, -0.15) is 0 Å². The summed E-state index contributed by atoms with van der Waals surface area (Å²) >= 11 is 1.73. The number of hydrogen-bond acceptors (Lipinski definition) is 4. The molecule has 2 N–H and O–H groups in total. The third-order valence-electron chi connectivity index (χ3n) is 5.69. The second-order valence-corrected chi connectivity index (χ2v) is 8.68. The quantitative estimate of drug-likeness (QED) is 0.721.